The van der Waals surface area contributed by atoms with Crippen molar-refractivity contribution < 1.29 is 0 Å². The highest BCUT2D eigenvalue weighted by molar-refractivity contribution is 5.92. The van der Waals surface area contributed by atoms with Crippen molar-refractivity contribution in [2.75, 3.05) is 4.90 Å². The summed E-state index contributed by atoms with van der Waals surface area (Å²) in [6, 6.07) is 38.2. The zero-order valence-electron chi connectivity index (χ0n) is 19.1. The normalized spacial score (nSPS) is 18.6. The Hall–Kier alpha value is -3.58. The summed E-state index contributed by atoms with van der Waals surface area (Å²) < 4.78 is 0. The number of fused-ring (bicyclic) bond motifs is 3. The summed E-state index contributed by atoms with van der Waals surface area (Å²) in [5.74, 6) is 0.631. The molecule has 0 saturated heterocycles. The Bertz CT molecular complexity index is 1240. The van der Waals surface area contributed by atoms with E-state index in [-0.39, 0.29) is 0 Å². The molecule has 0 bridgehead atoms. The Balaban J connectivity index is 1.45. The Labute approximate surface area is 197 Å². The van der Waals surface area contributed by atoms with Gasteiger partial charge in [0, 0.05) is 23.3 Å². The van der Waals surface area contributed by atoms with Crippen molar-refractivity contribution in [3.8, 4) is 0 Å². The van der Waals surface area contributed by atoms with Crippen LogP contribution in [0.3, 0.4) is 0 Å². The smallest absolute Gasteiger partial charge is 0.0450 e. The van der Waals surface area contributed by atoms with Crippen molar-refractivity contribution in [2.45, 2.75) is 38.1 Å². The second-order valence-electron chi connectivity index (χ2n) is 9.42. The molecule has 0 amide bonds. The minimum atomic E-state index is 0.588. The lowest BCUT2D eigenvalue weighted by atomic mass is 9.93. The topological polar surface area (TPSA) is 3.24 Å². The molecule has 1 saturated carbocycles. The Morgan fingerprint density at radius 3 is 2.09 bits per heavy atom. The fourth-order valence-electron chi connectivity index (χ4n) is 5.74. The zero-order valence-corrected chi connectivity index (χ0v) is 19.1. The Morgan fingerprint density at radius 1 is 0.758 bits per heavy atom. The van der Waals surface area contributed by atoms with E-state index in [1.165, 1.54) is 64.0 Å². The van der Waals surface area contributed by atoms with Crippen molar-refractivity contribution in [2.24, 2.45) is 0 Å². The molecule has 1 aliphatic heterocycles. The van der Waals surface area contributed by atoms with Crippen LogP contribution in [0, 0.1) is 6.92 Å². The minimum absolute atomic E-state index is 0.588. The SMILES string of the molecule is Cc1ccc(N2c3ccc(C=C(c4ccccc4)c4ccccc4)cc3[C@@H]3CCC[C@H]32)cc1. The van der Waals surface area contributed by atoms with Gasteiger partial charge in [-0.2, -0.15) is 0 Å². The largest absolute Gasteiger partial charge is 0.338 e. The molecule has 1 fully saturated rings. The van der Waals surface area contributed by atoms with Crippen LogP contribution in [0.4, 0.5) is 11.4 Å². The first-order chi connectivity index (χ1) is 16.3. The summed E-state index contributed by atoms with van der Waals surface area (Å²) in [7, 11) is 0. The number of hydrogen-bond donors (Lipinski definition) is 0. The molecule has 0 spiro atoms. The number of rotatable bonds is 4. The molecule has 0 radical (unpaired) electrons. The van der Waals surface area contributed by atoms with Gasteiger partial charge in [-0.05, 0) is 77.9 Å². The summed E-state index contributed by atoms with van der Waals surface area (Å²) in [4.78, 5) is 2.61. The molecule has 4 aromatic rings. The first kappa shape index (κ1) is 20.1. The van der Waals surface area contributed by atoms with Gasteiger partial charge in [0.2, 0.25) is 0 Å². The molecule has 2 aliphatic rings. The van der Waals surface area contributed by atoms with Gasteiger partial charge in [-0.25, -0.2) is 0 Å². The van der Waals surface area contributed by atoms with E-state index in [1.54, 1.807) is 0 Å². The van der Waals surface area contributed by atoms with Crippen molar-refractivity contribution in [1.29, 1.82) is 0 Å². The molecule has 1 heteroatoms. The summed E-state index contributed by atoms with van der Waals surface area (Å²) in [6.45, 7) is 2.16. The quantitative estimate of drug-likeness (QED) is 0.296. The molecule has 1 heterocycles. The van der Waals surface area contributed by atoms with Crippen LogP contribution in [0.5, 0.6) is 0 Å². The summed E-state index contributed by atoms with van der Waals surface area (Å²) in [5, 5.41) is 0. The number of anilines is 2. The average molecular weight is 428 g/mol. The van der Waals surface area contributed by atoms with Crippen molar-refractivity contribution in [3.05, 3.63) is 131 Å². The predicted octanol–water partition coefficient (Wildman–Crippen LogP) is 8.37. The van der Waals surface area contributed by atoms with E-state index >= 15 is 0 Å². The van der Waals surface area contributed by atoms with Gasteiger partial charge in [-0.1, -0.05) is 90.8 Å². The van der Waals surface area contributed by atoms with E-state index in [0.29, 0.717) is 12.0 Å². The van der Waals surface area contributed by atoms with E-state index in [9.17, 15) is 0 Å². The van der Waals surface area contributed by atoms with Gasteiger partial charge in [0.25, 0.3) is 0 Å². The highest BCUT2D eigenvalue weighted by Gasteiger charge is 2.42. The highest BCUT2D eigenvalue weighted by Crippen LogP contribution is 2.52. The molecule has 4 aromatic carbocycles. The third-order valence-electron chi connectivity index (χ3n) is 7.31. The van der Waals surface area contributed by atoms with Crippen LogP contribution < -0.4 is 4.90 Å². The van der Waals surface area contributed by atoms with E-state index < -0.39 is 0 Å². The molecular weight excluding hydrogens is 398 g/mol. The monoisotopic (exact) mass is 427 g/mol. The van der Waals surface area contributed by atoms with Crippen LogP contribution in [0.25, 0.3) is 11.6 Å². The molecule has 1 aliphatic carbocycles. The standard InChI is InChI=1S/C32H29N/c1-23-15-18-27(19-16-23)33-31-14-8-13-28(31)30-22-24(17-20-32(30)33)21-29(25-9-4-2-5-10-25)26-11-6-3-7-12-26/h2-7,9-12,15-22,28,31H,8,13-14H2,1H3/t28-,31+/m0/s1. The summed E-state index contributed by atoms with van der Waals surface area (Å²) >= 11 is 0. The van der Waals surface area contributed by atoms with Gasteiger partial charge in [-0.3, -0.25) is 0 Å². The Kier molecular flexibility index (Phi) is 5.11. The second kappa shape index (κ2) is 8.41. The van der Waals surface area contributed by atoms with Gasteiger partial charge >= 0.3 is 0 Å². The van der Waals surface area contributed by atoms with E-state index in [4.69, 9.17) is 0 Å². The summed E-state index contributed by atoms with van der Waals surface area (Å²) in [5.41, 5.74) is 10.6. The van der Waals surface area contributed by atoms with Crippen LogP contribution in [0.1, 0.15) is 53.0 Å². The fourth-order valence-corrected chi connectivity index (χ4v) is 5.74. The average Bonchev–Trinajstić information content (AvgIpc) is 3.45. The van der Waals surface area contributed by atoms with E-state index in [1.807, 2.05) is 0 Å². The lowest BCUT2D eigenvalue weighted by Gasteiger charge is -2.27. The van der Waals surface area contributed by atoms with Crippen molar-refractivity contribution in [3.63, 3.8) is 0 Å². The van der Waals surface area contributed by atoms with Gasteiger partial charge in [0.1, 0.15) is 0 Å². The second-order valence-corrected chi connectivity index (χ2v) is 9.42. The molecular formula is C32H29N. The highest BCUT2D eigenvalue weighted by atomic mass is 15.2. The van der Waals surface area contributed by atoms with Crippen LogP contribution in [-0.4, -0.2) is 6.04 Å². The number of aryl methyl sites for hydroxylation is 1. The molecule has 0 N–H and O–H groups in total. The Morgan fingerprint density at radius 2 is 1.42 bits per heavy atom. The number of hydrogen-bond acceptors (Lipinski definition) is 1. The van der Waals surface area contributed by atoms with Gasteiger partial charge in [0.15, 0.2) is 0 Å². The molecule has 1 nitrogen and oxygen atoms in total. The lowest BCUT2D eigenvalue weighted by Crippen LogP contribution is -2.26. The molecule has 33 heavy (non-hydrogen) atoms. The predicted molar refractivity (Wildman–Crippen MR) is 140 cm³/mol. The van der Waals surface area contributed by atoms with Crippen LogP contribution >= 0.6 is 0 Å². The molecule has 162 valence electrons. The zero-order chi connectivity index (χ0) is 22.2. The third kappa shape index (κ3) is 3.68. The maximum absolute atomic E-state index is 2.61. The maximum atomic E-state index is 2.61. The minimum Gasteiger partial charge on any atom is -0.338 e. The van der Waals surface area contributed by atoms with E-state index in [2.05, 4.69) is 121 Å². The van der Waals surface area contributed by atoms with Crippen LogP contribution in [0.15, 0.2) is 103 Å². The van der Waals surface area contributed by atoms with Crippen molar-refractivity contribution >= 4 is 23.0 Å². The van der Waals surface area contributed by atoms with Gasteiger partial charge in [0.05, 0.1) is 0 Å². The maximum Gasteiger partial charge on any atom is 0.0450 e. The van der Waals surface area contributed by atoms with E-state index in [0.717, 1.165) is 0 Å². The summed E-state index contributed by atoms with van der Waals surface area (Å²) in [6.07, 6.45) is 6.25. The van der Waals surface area contributed by atoms with Gasteiger partial charge in [-0.15, -0.1) is 0 Å². The molecule has 2 atom stereocenters. The number of benzene rings is 4. The lowest BCUT2D eigenvalue weighted by molar-refractivity contribution is 0.642. The molecule has 6 rings (SSSR count). The third-order valence-corrected chi connectivity index (χ3v) is 7.31. The fraction of sp³-hybridized carbons (Fsp3) is 0.188. The van der Waals surface area contributed by atoms with Gasteiger partial charge < -0.3 is 4.90 Å². The van der Waals surface area contributed by atoms with Crippen LogP contribution in [-0.2, 0) is 0 Å². The van der Waals surface area contributed by atoms with Crippen molar-refractivity contribution in [1.82, 2.24) is 0 Å². The number of nitrogens with zero attached hydrogens (tertiary/aromatic N) is 1. The van der Waals surface area contributed by atoms with Crippen LogP contribution in [0.2, 0.25) is 0 Å². The first-order valence-corrected chi connectivity index (χ1v) is 12.1. The molecule has 0 aromatic heterocycles. The molecule has 0 unspecified atom stereocenters. The first-order valence-electron chi connectivity index (χ1n) is 12.1.